The Balaban J connectivity index is 1.28. The number of nitrogens with zero attached hydrogens (tertiary/aromatic N) is 1. The van der Waals surface area contributed by atoms with E-state index in [0.717, 1.165) is 28.0 Å². The molecule has 0 aliphatic rings. The molecule has 0 saturated carbocycles. The molecule has 40 heavy (non-hydrogen) atoms. The molecular formula is C33H29N3O3S. The fourth-order valence-electron chi connectivity index (χ4n) is 4.27. The van der Waals surface area contributed by atoms with E-state index >= 15 is 0 Å². The van der Waals surface area contributed by atoms with Crippen molar-refractivity contribution in [2.24, 2.45) is 0 Å². The van der Waals surface area contributed by atoms with Gasteiger partial charge in [-0.15, -0.1) is 11.3 Å². The second kappa shape index (κ2) is 11.6. The molecule has 3 aromatic carbocycles. The van der Waals surface area contributed by atoms with Crippen LogP contribution in [0.25, 0.3) is 27.6 Å². The third kappa shape index (κ3) is 5.80. The largest absolute Gasteiger partial charge is 0.497 e. The second-order valence-electron chi connectivity index (χ2n) is 9.68. The van der Waals surface area contributed by atoms with Crippen LogP contribution in [0.2, 0.25) is 0 Å². The fraction of sp³-hybridized carbons (Fsp3) is 0.121. The van der Waals surface area contributed by atoms with E-state index in [1.165, 1.54) is 16.9 Å². The smallest absolute Gasteiger partial charge is 0.267 e. The van der Waals surface area contributed by atoms with Crippen LogP contribution in [0.1, 0.15) is 50.9 Å². The zero-order chi connectivity index (χ0) is 28.2. The molecule has 0 atom stereocenters. The van der Waals surface area contributed by atoms with Gasteiger partial charge in [-0.1, -0.05) is 56.3 Å². The number of nitrogens with two attached hydrogens (primary N) is 1. The zero-order valence-electron chi connectivity index (χ0n) is 22.5. The van der Waals surface area contributed by atoms with E-state index in [4.69, 9.17) is 15.5 Å². The molecule has 2 heterocycles. The van der Waals surface area contributed by atoms with Crippen molar-refractivity contribution in [2.75, 3.05) is 18.2 Å². The molecule has 0 spiro atoms. The van der Waals surface area contributed by atoms with Crippen molar-refractivity contribution in [1.29, 1.82) is 0 Å². The fourth-order valence-corrected chi connectivity index (χ4v) is 5.26. The molecule has 7 heteroatoms. The number of nitrogens with one attached hydrogen (secondary N) is 1. The van der Waals surface area contributed by atoms with E-state index in [0.29, 0.717) is 32.6 Å². The number of nitrogen functional groups attached to an aromatic ring is 1. The molecule has 200 valence electrons. The van der Waals surface area contributed by atoms with Gasteiger partial charge in [-0.2, -0.15) is 0 Å². The number of aromatic nitrogens is 1. The Bertz CT molecular complexity index is 1720. The number of ether oxygens (including phenoxy) is 1. The number of amides is 1. The molecule has 2 aromatic heterocycles. The minimum Gasteiger partial charge on any atom is -0.497 e. The predicted octanol–water partition coefficient (Wildman–Crippen LogP) is 7.83. The van der Waals surface area contributed by atoms with E-state index in [1.807, 2.05) is 48.5 Å². The lowest BCUT2D eigenvalue weighted by molar-refractivity contribution is 0.102. The van der Waals surface area contributed by atoms with Crippen LogP contribution in [-0.4, -0.2) is 23.8 Å². The number of pyridine rings is 1. The molecule has 0 bridgehead atoms. The van der Waals surface area contributed by atoms with E-state index in [1.54, 1.807) is 43.5 Å². The Morgan fingerprint density at radius 2 is 1.73 bits per heavy atom. The molecule has 0 radical (unpaired) electrons. The molecule has 5 rings (SSSR count). The first-order chi connectivity index (χ1) is 19.3. The van der Waals surface area contributed by atoms with E-state index in [9.17, 15) is 9.59 Å². The van der Waals surface area contributed by atoms with Gasteiger partial charge in [-0.05, 0) is 71.7 Å². The Hall–Kier alpha value is -4.75. The summed E-state index contributed by atoms with van der Waals surface area (Å²) in [6.07, 6.45) is 3.36. The number of methoxy groups -OCH3 is 1. The lowest BCUT2D eigenvalue weighted by atomic mass is 10.0. The second-order valence-corrected chi connectivity index (χ2v) is 10.7. The van der Waals surface area contributed by atoms with Crippen LogP contribution in [0, 0.1) is 0 Å². The molecule has 1 amide bonds. The quantitative estimate of drug-likeness (QED) is 0.153. The highest BCUT2D eigenvalue weighted by molar-refractivity contribution is 7.21. The highest BCUT2D eigenvalue weighted by atomic mass is 32.1. The van der Waals surface area contributed by atoms with Crippen molar-refractivity contribution < 1.29 is 14.3 Å². The summed E-state index contributed by atoms with van der Waals surface area (Å²) < 4.78 is 5.32. The van der Waals surface area contributed by atoms with Gasteiger partial charge in [0.25, 0.3) is 5.91 Å². The lowest BCUT2D eigenvalue weighted by Crippen LogP contribution is -2.12. The summed E-state index contributed by atoms with van der Waals surface area (Å²) in [6, 6.07) is 26.4. The van der Waals surface area contributed by atoms with Gasteiger partial charge in [-0.25, -0.2) is 4.98 Å². The predicted molar refractivity (Wildman–Crippen MR) is 164 cm³/mol. The van der Waals surface area contributed by atoms with Crippen molar-refractivity contribution in [1.82, 2.24) is 4.98 Å². The standard InChI is InChI=1S/C33H29N3O3S/c1-20(2)22-10-7-21(8-11-22)9-18-29(37)23-12-14-25(15-13-23)35-32(38)31-30(34)27-16-17-28(36-33(27)40-31)24-5-4-6-26(19-24)39-3/h4-20H,34H2,1-3H3,(H,35,38)/b18-9+. The van der Waals surface area contributed by atoms with E-state index < -0.39 is 0 Å². The average molecular weight is 548 g/mol. The summed E-state index contributed by atoms with van der Waals surface area (Å²) in [5, 5.41) is 3.61. The van der Waals surface area contributed by atoms with Crippen LogP contribution in [-0.2, 0) is 0 Å². The molecule has 0 fully saturated rings. The van der Waals surface area contributed by atoms with Crippen LogP contribution < -0.4 is 15.8 Å². The summed E-state index contributed by atoms with van der Waals surface area (Å²) in [4.78, 5) is 31.5. The number of rotatable bonds is 8. The maximum atomic E-state index is 13.1. The van der Waals surface area contributed by atoms with Crippen LogP contribution in [0.15, 0.2) is 91.0 Å². The summed E-state index contributed by atoms with van der Waals surface area (Å²) in [7, 11) is 1.62. The summed E-state index contributed by atoms with van der Waals surface area (Å²) in [5.41, 5.74) is 11.7. The number of benzene rings is 3. The van der Waals surface area contributed by atoms with Gasteiger partial charge in [0.05, 0.1) is 18.5 Å². The van der Waals surface area contributed by atoms with Crippen molar-refractivity contribution in [3.05, 3.63) is 113 Å². The number of allylic oxidation sites excluding steroid dienone is 1. The van der Waals surface area contributed by atoms with E-state index in [-0.39, 0.29) is 11.7 Å². The first-order valence-corrected chi connectivity index (χ1v) is 13.7. The summed E-state index contributed by atoms with van der Waals surface area (Å²) >= 11 is 1.24. The first-order valence-electron chi connectivity index (χ1n) is 12.9. The van der Waals surface area contributed by atoms with Gasteiger partial charge in [0.1, 0.15) is 15.5 Å². The molecule has 5 aromatic rings. The minimum atomic E-state index is -0.327. The highest BCUT2D eigenvalue weighted by Gasteiger charge is 2.18. The number of ketones is 1. The molecule has 0 aliphatic carbocycles. The number of fused-ring (bicyclic) bond motifs is 1. The minimum absolute atomic E-state index is 0.113. The van der Waals surface area contributed by atoms with Gasteiger partial charge < -0.3 is 15.8 Å². The normalized spacial score (nSPS) is 11.3. The summed E-state index contributed by atoms with van der Waals surface area (Å²) in [6.45, 7) is 4.30. The molecular weight excluding hydrogens is 518 g/mol. The monoisotopic (exact) mass is 547 g/mol. The first kappa shape index (κ1) is 26.8. The van der Waals surface area contributed by atoms with Crippen LogP contribution in [0.3, 0.4) is 0 Å². The molecule has 0 unspecified atom stereocenters. The van der Waals surface area contributed by atoms with Gasteiger partial charge in [0, 0.05) is 22.2 Å². The third-order valence-corrected chi connectivity index (χ3v) is 7.74. The van der Waals surface area contributed by atoms with Crippen molar-refractivity contribution in [3.8, 4) is 17.0 Å². The molecule has 3 N–H and O–H groups in total. The number of hydrogen-bond donors (Lipinski definition) is 2. The number of anilines is 2. The lowest BCUT2D eigenvalue weighted by Gasteiger charge is -2.05. The van der Waals surface area contributed by atoms with Crippen molar-refractivity contribution in [3.63, 3.8) is 0 Å². The Kier molecular flexibility index (Phi) is 7.75. The van der Waals surface area contributed by atoms with Gasteiger partial charge >= 0.3 is 0 Å². The van der Waals surface area contributed by atoms with E-state index in [2.05, 4.69) is 31.3 Å². The molecule has 6 nitrogen and oxygen atoms in total. The van der Waals surface area contributed by atoms with Gasteiger partial charge in [0.15, 0.2) is 5.78 Å². The zero-order valence-corrected chi connectivity index (χ0v) is 23.3. The third-order valence-electron chi connectivity index (χ3n) is 6.62. The number of carbonyl (C=O) groups is 2. The average Bonchev–Trinajstić information content (AvgIpc) is 3.32. The van der Waals surface area contributed by atoms with Crippen molar-refractivity contribution >= 4 is 50.7 Å². The topological polar surface area (TPSA) is 94.3 Å². The van der Waals surface area contributed by atoms with Crippen molar-refractivity contribution in [2.45, 2.75) is 19.8 Å². The van der Waals surface area contributed by atoms with Crippen LogP contribution >= 0.6 is 11.3 Å². The maximum Gasteiger partial charge on any atom is 0.267 e. The number of carbonyl (C=O) groups excluding carboxylic acids is 2. The molecule has 0 aliphatic heterocycles. The van der Waals surface area contributed by atoms with Crippen LogP contribution in [0.4, 0.5) is 11.4 Å². The summed E-state index contributed by atoms with van der Waals surface area (Å²) in [5.74, 6) is 0.762. The number of thiophene rings is 1. The maximum absolute atomic E-state index is 13.1. The SMILES string of the molecule is COc1cccc(-c2ccc3c(N)c(C(=O)Nc4ccc(C(=O)/C=C/c5ccc(C(C)C)cc5)cc4)sc3n2)c1. The number of hydrogen-bond acceptors (Lipinski definition) is 6. The molecule has 0 saturated heterocycles. The van der Waals surface area contributed by atoms with Gasteiger partial charge in [-0.3, -0.25) is 9.59 Å². The Labute approximate surface area is 237 Å². The Morgan fingerprint density at radius 3 is 2.42 bits per heavy atom. The Morgan fingerprint density at radius 1 is 0.975 bits per heavy atom. The van der Waals surface area contributed by atoms with Crippen LogP contribution in [0.5, 0.6) is 5.75 Å². The highest BCUT2D eigenvalue weighted by Crippen LogP contribution is 2.35. The van der Waals surface area contributed by atoms with Gasteiger partial charge in [0.2, 0.25) is 0 Å².